The fourth-order valence-electron chi connectivity index (χ4n) is 1.91. The highest BCUT2D eigenvalue weighted by Gasteiger charge is 2.04. The van der Waals surface area contributed by atoms with Crippen LogP contribution in [0.5, 0.6) is 17.4 Å². The van der Waals surface area contributed by atoms with E-state index >= 15 is 0 Å². The van der Waals surface area contributed by atoms with Crippen molar-refractivity contribution in [3.63, 3.8) is 0 Å². The van der Waals surface area contributed by atoms with Gasteiger partial charge in [-0.1, -0.05) is 17.7 Å². The Labute approximate surface area is 105 Å². The molecule has 1 aromatic heterocycles. The Balaban J connectivity index is 1.92. The first-order valence-electron chi connectivity index (χ1n) is 5.77. The molecule has 0 radical (unpaired) electrons. The number of aromatic nitrogens is 1. The number of aromatic hydroxyl groups is 1. The van der Waals surface area contributed by atoms with E-state index < -0.39 is 0 Å². The van der Waals surface area contributed by atoms with Crippen LogP contribution in [0, 0.1) is 6.92 Å². The Kier molecular flexibility index (Phi) is 2.45. The molecule has 3 rings (SSSR count). The number of hydrogen-bond donors (Lipinski definition) is 2. The van der Waals surface area contributed by atoms with E-state index in [1.54, 1.807) is 6.20 Å². The lowest BCUT2D eigenvalue weighted by molar-refractivity contribution is 0.462. The Morgan fingerprint density at radius 1 is 1.00 bits per heavy atom. The van der Waals surface area contributed by atoms with Gasteiger partial charge in [0.2, 0.25) is 0 Å². The molecule has 0 aliphatic rings. The van der Waals surface area contributed by atoms with Crippen molar-refractivity contribution in [3.8, 4) is 17.4 Å². The standard InChI is InChI=1S/C15H13NO2/c1-10-2-4-12(5-3-10)18-13-6-7-14-11(8-13)9-16-15(14)17/h2-9,16-17H,1H3. The van der Waals surface area contributed by atoms with E-state index in [1.807, 2.05) is 49.4 Å². The molecule has 0 unspecified atom stereocenters. The van der Waals surface area contributed by atoms with E-state index in [0.717, 1.165) is 22.3 Å². The highest BCUT2D eigenvalue weighted by molar-refractivity contribution is 5.88. The SMILES string of the molecule is Cc1ccc(Oc2ccc3c(O)[nH]cc3c2)cc1. The number of hydrogen-bond acceptors (Lipinski definition) is 2. The van der Waals surface area contributed by atoms with Gasteiger partial charge in [-0.05, 0) is 37.3 Å². The van der Waals surface area contributed by atoms with Gasteiger partial charge in [0.1, 0.15) is 11.5 Å². The summed E-state index contributed by atoms with van der Waals surface area (Å²) in [6, 6.07) is 13.5. The van der Waals surface area contributed by atoms with Crippen molar-refractivity contribution < 1.29 is 9.84 Å². The number of benzene rings is 2. The van der Waals surface area contributed by atoms with Gasteiger partial charge in [0, 0.05) is 17.0 Å². The third-order valence-electron chi connectivity index (χ3n) is 2.90. The van der Waals surface area contributed by atoms with Crippen molar-refractivity contribution in [1.29, 1.82) is 0 Å². The summed E-state index contributed by atoms with van der Waals surface area (Å²) in [6.07, 6.45) is 1.76. The summed E-state index contributed by atoms with van der Waals surface area (Å²) in [6.45, 7) is 2.04. The summed E-state index contributed by atoms with van der Waals surface area (Å²) >= 11 is 0. The zero-order chi connectivity index (χ0) is 12.5. The van der Waals surface area contributed by atoms with Crippen LogP contribution in [0.3, 0.4) is 0 Å². The first-order valence-corrected chi connectivity index (χ1v) is 5.77. The monoisotopic (exact) mass is 239 g/mol. The number of aryl methyl sites for hydroxylation is 1. The van der Waals surface area contributed by atoms with Gasteiger partial charge in [-0.3, -0.25) is 0 Å². The molecule has 0 bridgehead atoms. The maximum Gasteiger partial charge on any atom is 0.196 e. The van der Waals surface area contributed by atoms with E-state index in [4.69, 9.17) is 4.74 Å². The summed E-state index contributed by atoms with van der Waals surface area (Å²) in [5.74, 6) is 1.75. The van der Waals surface area contributed by atoms with Crippen LogP contribution in [0.2, 0.25) is 0 Å². The predicted molar refractivity (Wildman–Crippen MR) is 71.2 cm³/mol. The molecule has 1 heterocycles. The lowest BCUT2D eigenvalue weighted by Gasteiger charge is -2.05. The van der Waals surface area contributed by atoms with Crippen LogP contribution >= 0.6 is 0 Å². The Morgan fingerprint density at radius 2 is 1.72 bits per heavy atom. The van der Waals surface area contributed by atoms with Crippen LogP contribution < -0.4 is 4.74 Å². The zero-order valence-electron chi connectivity index (χ0n) is 9.97. The lowest BCUT2D eigenvalue weighted by Crippen LogP contribution is -1.83. The van der Waals surface area contributed by atoms with Crippen molar-refractivity contribution in [2.24, 2.45) is 0 Å². The average Bonchev–Trinajstić information content (AvgIpc) is 2.74. The van der Waals surface area contributed by atoms with Crippen LogP contribution in [-0.4, -0.2) is 10.1 Å². The number of rotatable bonds is 2. The highest BCUT2D eigenvalue weighted by Crippen LogP contribution is 2.29. The molecule has 0 aliphatic carbocycles. The fourth-order valence-corrected chi connectivity index (χ4v) is 1.91. The molecule has 0 saturated heterocycles. The summed E-state index contributed by atoms with van der Waals surface area (Å²) in [4.78, 5) is 2.78. The number of ether oxygens (including phenoxy) is 1. The Bertz CT molecular complexity index is 683. The molecular weight excluding hydrogens is 226 g/mol. The van der Waals surface area contributed by atoms with E-state index in [9.17, 15) is 5.11 Å². The van der Waals surface area contributed by atoms with Crippen molar-refractivity contribution in [3.05, 3.63) is 54.2 Å². The van der Waals surface area contributed by atoms with E-state index in [0.29, 0.717) is 0 Å². The quantitative estimate of drug-likeness (QED) is 0.710. The van der Waals surface area contributed by atoms with Gasteiger partial charge in [0.25, 0.3) is 0 Å². The van der Waals surface area contributed by atoms with Crippen molar-refractivity contribution >= 4 is 10.8 Å². The minimum absolute atomic E-state index is 0.187. The van der Waals surface area contributed by atoms with Gasteiger partial charge in [-0.2, -0.15) is 0 Å². The molecule has 2 N–H and O–H groups in total. The van der Waals surface area contributed by atoms with E-state index in [1.165, 1.54) is 5.56 Å². The smallest absolute Gasteiger partial charge is 0.196 e. The summed E-state index contributed by atoms with van der Waals surface area (Å²) in [5.41, 5.74) is 1.20. The van der Waals surface area contributed by atoms with Gasteiger partial charge >= 0.3 is 0 Å². The zero-order valence-corrected chi connectivity index (χ0v) is 9.97. The maximum absolute atomic E-state index is 9.53. The number of nitrogens with one attached hydrogen (secondary N) is 1. The maximum atomic E-state index is 9.53. The summed E-state index contributed by atoms with van der Waals surface area (Å²) in [5, 5.41) is 11.3. The molecule has 3 aromatic rings. The van der Waals surface area contributed by atoms with Crippen LogP contribution in [0.1, 0.15) is 5.56 Å². The van der Waals surface area contributed by atoms with Gasteiger partial charge in [-0.15, -0.1) is 0 Å². The number of fused-ring (bicyclic) bond motifs is 1. The average molecular weight is 239 g/mol. The largest absolute Gasteiger partial charge is 0.494 e. The summed E-state index contributed by atoms with van der Waals surface area (Å²) in [7, 11) is 0. The molecule has 0 fully saturated rings. The second kappa shape index (κ2) is 4.11. The Morgan fingerprint density at radius 3 is 2.50 bits per heavy atom. The molecule has 3 heteroatoms. The van der Waals surface area contributed by atoms with Crippen LogP contribution in [0.25, 0.3) is 10.8 Å². The first-order chi connectivity index (χ1) is 8.72. The molecule has 0 atom stereocenters. The minimum atomic E-state index is 0.187. The number of aromatic amines is 1. The molecule has 2 aromatic carbocycles. The highest BCUT2D eigenvalue weighted by atomic mass is 16.5. The molecule has 0 spiro atoms. The van der Waals surface area contributed by atoms with Gasteiger partial charge in [0.15, 0.2) is 5.88 Å². The third kappa shape index (κ3) is 1.91. The van der Waals surface area contributed by atoms with E-state index in [-0.39, 0.29) is 5.88 Å². The first kappa shape index (κ1) is 10.7. The van der Waals surface area contributed by atoms with Gasteiger partial charge in [0.05, 0.1) is 0 Å². The topological polar surface area (TPSA) is 45.2 Å². The minimum Gasteiger partial charge on any atom is -0.494 e. The fraction of sp³-hybridized carbons (Fsp3) is 0.0667. The van der Waals surface area contributed by atoms with E-state index in [2.05, 4.69) is 4.98 Å². The molecule has 0 amide bonds. The third-order valence-corrected chi connectivity index (χ3v) is 2.90. The molecule has 0 aliphatic heterocycles. The van der Waals surface area contributed by atoms with Gasteiger partial charge in [-0.25, -0.2) is 0 Å². The normalized spacial score (nSPS) is 10.7. The molecule has 90 valence electrons. The van der Waals surface area contributed by atoms with Crippen LogP contribution in [0.15, 0.2) is 48.7 Å². The molecule has 3 nitrogen and oxygen atoms in total. The summed E-state index contributed by atoms with van der Waals surface area (Å²) < 4.78 is 5.76. The Hall–Kier alpha value is -2.42. The second-order valence-electron chi connectivity index (χ2n) is 4.30. The predicted octanol–water partition coefficient (Wildman–Crippen LogP) is 3.97. The molecule has 0 saturated carbocycles. The second-order valence-corrected chi connectivity index (χ2v) is 4.30. The lowest BCUT2D eigenvalue weighted by atomic mass is 10.2. The van der Waals surface area contributed by atoms with Crippen molar-refractivity contribution in [1.82, 2.24) is 4.98 Å². The van der Waals surface area contributed by atoms with Crippen LogP contribution in [0.4, 0.5) is 0 Å². The van der Waals surface area contributed by atoms with Gasteiger partial charge < -0.3 is 14.8 Å². The van der Waals surface area contributed by atoms with Crippen molar-refractivity contribution in [2.75, 3.05) is 0 Å². The molecular formula is C15H13NO2. The number of H-pyrrole nitrogens is 1. The van der Waals surface area contributed by atoms with Crippen LogP contribution in [-0.2, 0) is 0 Å². The van der Waals surface area contributed by atoms with Crippen molar-refractivity contribution in [2.45, 2.75) is 6.92 Å². The molecule has 18 heavy (non-hydrogen) atoms.